The van der Waals surface area contributed by atoms with E-state index in [1.54, 1.807) is 0 Å². The van der Waals surface area contributed by atoms with Gasteiger partial charge in [-0.3, -0.25) is 0 Å². The summed E-state index contributed by atoms with van der Waals surface area (Å²) >= 11 is 0. The highest BCUT2D eigenvalue weighted by atomic mass is 16.5. The van der Waals surface area contributed by atoms with Gasteiger partial charge in [-0.1, -0.05) is 78.0 Å². The minimum atomic E-state index is -1.36. The van der Waals surface area contributed by atoms with Gasteiger partial charge in [-0.15, -0.1) is 0 Å². The molecule has 2 bridgehead atoms. The normalized spacial score (nSPS) is 25.0. The van der Waals surface area contributed by atoms with Gasteiger partial charge < -0.3 is 18.8 Å². The first kappa shape index (κ1) is 22.1. The van der Waals surface area contributed by atoms with Crippen LogP contribution in [0.5, 0.6) is 0 Å². The molecule has 1 atom stereocenters. The Morgan fingerprint density at radius 2 is 1.70 bits per heavy atom. The number of aromatic nitrogens is 1. The van der Waals surface area contributed by atoms with Crippen molar-refractivity contribution < 1.29 is 18.8 Å². The molecular weight excluding hydrogens is 412 g/mol. The molecule has 0 unspecified atom stereocenters. The maximum atomic E-state index is 12.0. The zero-order chi connectivity index (χ0) is 22.7. The van der Waals surface area contributed by atoms with Crippen molar-refractivity contribution in [3.05, 3.63) is 101 Å². The van der Waals surface area contributed by atoms with E-state index >= 15 is 0 Å². The topological polar surface area (TPSA) is 55.5 Å². The minimum absolute atomic E-state index is 0.302. The van der Waals surface area contributed by atoms with Gasteiger partial charge in [-0.2, -0.15) is 0 Å². The Kier molecular flexibility index (Phi) is 6.19. The van der Waals surface area contributed by atoms with Crippen molar-refractivity contribution in [1.29, 1.82) is 0 Å². The predicted octanol–water partition coefficient (Wildman–Crippen LogP) is 4.66. The number of hydrogen-bond donors (Lipinski definition) is 1. The summed E-state index contributed by atoms with van der Waals surface area (Å²) in [7, 11) is 0. The van der Waals surface area contributed by atoms with E-state index in [0.717, 1.165) is 47.5 Å². The molecule has 2 aromatic carbocycles. The smallest absolute Gasteiger partial charge is 0.191 e. The fourth-order valence-corrected chi connectivity index (χ4v) is 5.62. The molecule has 0 saturated carbocycles. The fraction of sp³-hybridized carbons (Fsp3) is 0.393. The first-order chi connectivity index (χ1) is 16.1. The highest BCUT2D eigenvalue weighted by Gasteiger charge is 2.47. The largest absolute Gasteiger partial charge is 0.374 e. The SMILES string of the molecule is C/C=C/CO[C@H]1C[N+]2(Cc3cc(C(O)(c4ccccc4)c4ccccc4)no3)CCC1CC2. The molecule has 3 aliphatic rings. The summed E-state index contributed by atoms with van der Waals surface area (Å²) in [6.07, 6.45) is 6.82. The van der Waals surface area contributed by atoms with Crippen LogP contribution in [0.2, 0.25) is 0 Å². The Morgan fingerprint density at radius 3 is 2.30 bits per heavy atom. The third-order valence-corrected chi connectivity index (χ3v) is 7.49. The Balaban J connectivity index is 1.41. The van der Waals surface area contributed by atoms with E-state index < -0.39 is 5.60 Å². The van der Waals surface area contributed by atoms with Crippen LogP contribution in [0.3, 0.4) is 0 Å². The Morgan fingerprint density at radius 1 is 1.06 bits per heavy atom. The van der Waals surface area contributed by atoms with E-state index in [9.17, 15) is 5.11 Å². The van der Waals surface area contributed by atoms with Crippen molar-refractivity contribution in [3.63, 3.8) is 0 Å². The van der Waals surface area contributed by atoms with E-state index in [4.69, 9.17) is 9.26 Å². The molecule has 1 N–H and O–H groups in total. The first-order valence-corrected chi connectivity index (χ1v) is 12.0. The molecule has 3 saturated heterocycles. The number of quaternary nitrogens is 1. The van der Waals surface area contributed by atoms with Crippen molar-refractivity contribution in [2.24, 2.45) is 5.92 Å². The van der Waals surface area contributed by atoms with Crippen molar-refractivity contribution >= 4 is 0 Å². The van der Waals surface area contributed by atoms with Gasteiger partial charge in [0.1, 0.15) is 24.9 Å². The minimum Gasteiger partial charge on any atom is -0.374 e. The van der Waals surface area contributed by atoms with Gasteiger partial charge in [-0.25, -0.2) is 0 Å². The lowest BCUT2D eigenvalue weighted by molar-refractivity contribution is -0.959. The summed E-state index contributed by atoms with van der Waals surface area (Å²) < 4.78 is 13.0. The van der Waals surface area contributed by atoms with Crippen LogP contribution in [0, 0.1) is 5.92 Å². The average molecular weight is 446 g/mol. The average Bonchev–Trinajstić information content (AvgIpc) is 3.34. The monoisotopic (exact) mass is 445 g/mol. The van der Waals surface area contributed by atoms with Gasteiger partial charge in [0.15, 0.2) is 11.4 Å². The summed E-state index contributed by atoms with van der Waals surface area (Å²) in [5, 5.41) is 16.4. The number of hydrogen-bond acceptors (Lipinski definition) is 4. The van der Waals surface area contributed by atoms with Gasteiger partial charge >= 0.3 is 0 Å². The van der Waals surface area contributed by atoms with Gasteiger partial charge in [-0.05, 0) is 18.1 Å². The predicted molar refractivity (Wildman–Crippen MR) is 127 cm³/mol. The van der Waals surface area contributed by atoms with Gasteiger partial charge in [0, 0.05) is 24.8 Å². The molecular formula is C28H33N2O3+. The van der Waals surface area contributed by atoms with Crippen LogP contribution in [-0.2, 0) is 16.9 Å². The number of piperidine rings is 3. The molecule has 5 nitrogen and oxygen atoms in total. The lowest BCUT2D eigenvalue weighted by atomic mass is 9.82. The molecule has 3 aliphatic heterocycles. The second-order valence-corrected chi connectivity index (χ2v) is 9.53. The third-order valence-electron chi connectivity index (χ3n) is 7.49. The molecule has 0 spiro atoms. The number of fused-ring (bicyclic) bond motifs is 3. The number of rotatable bonds is 8. The van der Waals surface area contributed by atoms with Crippen LogP contribution < -0.4 is 0 Å². The van der Waals surface area contributed by atoms with E-state index in [-0.39, 0.29) is 0 Å². The lowest BCUT2D eigenvalue weighted by Gasteiger charge is -2.51. The Bertz CT molecular complexity index is 1030. The Hall–Kier alpha value is -2.73. The molecule has 0 radical (unpaired) electrons. The molecule has 3 fully saturated rings. The molecule has 172 valence electrons. The fourth-order valence-electron chi connectivity index (χ4n) is 5.62. The summed E-state index contributed by atoms with van der Waals surface area (Å²) in [6, 6.07) is 21.4. The van der Waals surface area contributed by atoms with E-state index in [2.05, 4.69) is 11.2 Å². The van der Waals surface area contributed by atoms with Crippen molar-refractivity contribution in [2.45, 2.75) is 38.0 Å². The molecule has 0 aliphatic carbocycles. The molecule has 3 aromatic rings. The Labute approximate surface area is 195 Å². The lowest BCUT2D eigenvalue weighted by Crippen LogP contribution is -2.63. The molecule has 5 heteroatoms. The standard InChI is InChI=1S/C28H33N2O3/c1-2-3-18-32-26-21-30(16-14-22(26)15-17-30)20-25-19-27(29-33-25)28(31,23-10-6-4-7-11-23)24-12-8-5-9-13-24/h2-13,19,22,26,31H,14-18,20-21H2,1H3/q+1/b3-2+/t22?,26-,30?/m0/s1. The van der Waals surface area contributed by atoms with E-state index in [0.29, 0.717) is 24.3 Å². The van der Waals surface area contributed by atoms with E-state index in [1.165, 1.54) is 12.8 Å². The van der Waals surface area contributed by atoms with Crippen molar-refractivity contribution in [2.75, 3.05) is 26.2 Å². The summed E-state index contributed by atoms with van der Waals surface area (Å²) in [5.41, 5.74) is 0.719. The van der Waals surface area contributed by atoms with Crippen molar-refractivity contribution in [1.82, 2.24) is 5.16 Å². The van der Waals surface area contributed by atoms with Crippen LogP contribution in [0.1, 0.15) is 42.3 Å². The number of nitrogens with zero attached hydrogens (tertiary/aromatic N) is 2. The number of aliphatic hydroxyl groups is 1. The second kappa shape index (κ2) is 9.26. The van der Waals surface area contributed by atoms with Crippen LogP contribution >= 0.6 is 0 Å². The van der Waals surface area contributed by atoms with Crippen molar-refractivity contribution in [3.8, 4) is 0 Å². The first-order valence-electron chi connectivity index (χ1n) is 12.0. The third kappa shape index (κ3) is 4.29. The quantitative estimate of drug-likeness (QED) is 0.405. The highest BCUT2D eigenvalue weighted by molar-refractivity contribution is 5.44. The second-order valence-electron chi connectivity index (χ2n) is 9.53. The molecule has 4 heterocycles. The summed E-state index contributed by atoms with van der Waals surface area (Å²) in [6.45, 7) is 6.80. The maximum Gasteiger partial charge on any atom is 0.191 e. The zero-order valence-electron chi connectivity index (χ0n) is 19.3. The number of benzene rings is 2. The molecule has 1 aromatic heterocycles. The molecule has 0 amide bonds. The van der Waals surface area contributed by atoms with Gasteiger partial charge in [0.05, 0.1) is 19.7 Å². The maximum absolute atomic E-state index is 12.0. The summed E-state index contributed by atoms with van der Waals surface area (Å²) in [4.78, 5) is 0. The van der Waals surface area contributed by atoms with Crippen LogP contribution in [-0.4, -0.2) is 47.1 Å². The summed E-state index contributed by atoms with van der Waals surface area (Å²) in [5.74, 6) is 1.49. The van der Waals surface area contributed by atoms with Gasteiger partial charge in [0.25, 0.3) is 0 Å². The van der Waals surface area contributed by atoms with Crippen LogP contribution in [0.4, 0.5) is 0 Å². The highest BCUT2D eigenvalue weighted by Crippen LogP contribution is 2.39. The van der Waals surface area contributed by atoms with Crippen LogP contribution in [0.15, 0.2) is 83.4 Å². The van der Waals surface area contributed by atoms with Crippen LogP contribution in [0.25, 0.3) is 0 Å². The number of allylic oxidation sites excluding steroid dienone is 1. The van der Waals surface area contributed by atoms with Gasteiger partial charge in [0.2, 0.25) is 0 Å². The van der Waals surface area contributed by atoms with E-state index in [1.807, 2.05) is 79.7 Å². The molecule has 6 rings (SSSR count). The number of ether oxygens (including phenoxy) is 1. The molecule has 33 heavy (non-hydrogen) atoms. The zero-order valence-corrected chi connectivity index (χ0v) is 19.3.